The van der Waals surface area contributed by atoms with Crippen LogP contribution in [0, 0.1) is 0 Å². The maximum atomic E-state index is 12.1. The van der Waals surface area contributed by atoms with Gasteiger partial charge in [-0.2, -0.15) is 0 Å². The van der Waals surface area contributed by atoms with E-state index in [1.54, 1.807) is 17.5 Å². The number of benzene rings is 1. The molecule has 24 heavy (non-hydrogen) atoms. The molecular weight excluding hydrogens is 324 g/mol. The number of carbonyl (C=O) groups is 2. The lowest BCUT2D eigenvalue weighted by atomic mass is 10.1. The summed E-state index contributed by atoms with van der Waals surface area (Å²) < 4.78 is 0. The quantitative estimate of drug-likeness (QED) is 0.772. The number of hydrogen-bond donors (Lipinski definition) is 3. The molecule has 0 saturated carbocycles. The van der Waals surface area contributed by atoms with Crippen LogP contribution in [0.2, 0.25) is 0 Å². The highest BCUT2D eigenvalue weighted by Gasteiger charge is 2.16. The zero-order valence-corrected chi connectivity index (χ0v) is 14.1. The smallest absolute Gasteiger partial charge is 0.257 e. The van der Waals surface area contributed by atoms with Crippen molar-refractivity contribution in [1.29, 1.82) is 0 Å². The number of hydrogen-bond acceptors (Lipinski definition) is 5. The van der Waals surface area contributed by atoms with E-state index in [9.17, 15) is 9.59 Å². The van der Waals surface area contributed by atoms with Gasteiger partial charge in [0.05, 0.1) is 12.1 Å². The number of thiazole rings is 1. The van der Waals surface area contributed by atoms with Crippen molar-refractivity contribution >= 4 is 28.3 Å². The third-order valence-corrected chi connectivity index (χ3v) is 4.62. The Balaban J connectivity index is 1.51. The molecular formula is C17H20N4O2S. The van der Waals surface area contributed by atoms with Crippen LogP contribution in [-0.4, -0.2) is 35.9 Å². The molecule has 6 nitrogen and oxygen atoms in total. The number of anilines is 1. The molecule has 7 heteroatoms. The van der Waals surface area contributed by atoms with Gasteiger partial charge in [0.25, 0.3) is 5.91 Å². The third kappa shape index (κ3) is 4.62. The monoisotopic (exact) mass is 344 g/mol. The van der Waals surface area contributed by atoms with Gasteiger partial charge in [0.2, 0.25) is 5.91 Å². The Kier molecular flexibility index (Phi) is 5.55. The lowest BCUT2D eigenvalue weighted by Gasteiger charge is -2.23. The third-order valence-electron chi connectivity index (χ3n) is 3.81. The van der Waals surface area contributed by atoms with Gasteiger partial charge in [-0.3, -0.25) is 14.9 Å². The molecule has 126 valence electrons. The molecule has 1 fully saturated rings. The first-order chi connectivity index (χ1) is 11.7. The second-order valence-electron chi connectivity index (χ2n) is 5.75. The van der Waals surface area contributed by atoms with Gasteiger partial charge in [-0.05, 0) is 31.5 Å². The number of amides is 2. The topological polar surface area (TPSA) is 83.1 Å². The average Bonchev–Trinajstić information content (AvgIpc) is 3.03. The molecule has 0 bridgehead atoms. The molecule has 1 aliphatic rings. The Hall–Kier alpha value is -2.25. The molecule has 1 aliphatic heterocycles. The molecule has 0 unspecified atom stereocenters. The van der Waals surface area contributed by atoms with Crippen LogP contribution in [0.4, 0.5) is 5.13 Å². The van der Waals surface area contributed by atoms with Gasteiger partial charge in [0, 0.05) is 23.5 Å². The van der Waals surface area contributed by atoms with Crippen molar-refractivity contribution < 1.29 is 9.59 Å². The summed E-state index contributed by atoms with van der Waals surface area (Å²) in [6.45, 7) is 1.84. The highest BCUT2D eigenvalue weighted by atomic mass is 32.1. The van der Waals surface area contributed by atoms with Crippen molar-refractivity contribution in [2.45, 2.75) is 25.3 Å². The number of rotatable bonds is 5. The summed E-state index contributed by atoms with van der Waals surface area (Å²) in [5, 5.41) is 11.4. The number of nitrogens with one attached hydrogen (secondary N) is 3. The summed E-state index contributed by atoms with van der Waals surface area (Å²) >= 11 is 1.33. The molecule has 0 radical (unpaired) electrons. The summed E-state index contributed by atoms with van der Waals surface area (Å²) in [4.78, 5) is 28.5. The Morgan fingerprint density at radius 3 is 2.88 bits per heavy atom. The Morgan fingerprint density at radius 1 is 1.29 bits per heavy atom. The summed E-state index contributed by atoms with van der Waals surface area (Å²) in [6.07, 6.45) is 2.32. The van der Waals surface area contributed by atoms with E-state index in [4.69, 9.17) is 0 Å². The van der Waals surface area contributed by atoms with Gasteiger partial charge in [0.15, 0.2) is 5.13 Å². The Bertz CT molecular complexity index is 696. The van der Waals surface area contributed by atoms with E-state index in [0.717, 1.165) is 25.9 Å². The maximum absolute atomic E-state index is 12.1. The van der Waals surface area contributed by atoms with E-state index in [2.05, 4.69) is 20.9 Å². The molecule has 0 spiro atoms. The average molecular weight is 344 g/mol. The second kappa shape index (κ2) is 8.03. The molecule has 1 atom stereocenters. The van der Waals surface area contributed by atoms with Gasteiger partial charge < -0.3 is 10.6 Å². The molecule has 1 saturated heterocycles. The van der Waals surface area contributed by atoms with Gasteiger partial charge in [0.1, 0.15) is 0 Å². The van der Waals surface area contributed by atoms with Crippen LogP contribution in [0.15, 0.2) is 35.7 Å². The number of carbonyl (C=O) groups excluding carboxylic acids is 2. The zero-order valence-electron chi connectivity index (χ0n) is 13.2. The Labute approximate surface area is 144 Å². The van der Waals surface area contributed by atoms with Crippen LogP contribution < -0.4 is 16.0 Å². The maximum Gasteiger partial charge on any atom is 0.257 e. The van der Waals surface area contributed by atoms with Crippen LogP contribution in [0.5, 0.6) is 0 Å². The van der Waals surface area contributed by atoms with Gasteiger partial charge in [-0.1, -0.05) is 18.2 Å². The fourth-order valence-electron chi connectivity index (χ4n) is 2.62. The zero-order chi connectivity index (χ0) is 16.8. The minimum atomic E-state index is -0.200. The van der Waals surface area contributed by atoms with Crippen LogP contribution in [-0.2, 0) is 11.2 Å². The first-order valence-electron chi connectivity index (χ1n) is 8.01. The molecule has 2 heterocycles. The fraction of sp³-hybridized carbons (Fsp3) is 0.353. The number of piperidine rings is 1. The standard InChI is InChI=1S/C17H20N4O2S/c22-15(19-13-7-4-8-18-10-13)9-14-11-24-17(20-14)21-16(23)12-5-2-1-3-6-12/h1-3,5-6,11,13,18H,4,7-10H2,(H,19,22)(H,20,21,23)/t13-/m0/s1. The van der Waals surface area contributed by atoms with Crippen LogP contribution in [0.3, 0.4) is 0 Å². The predicted octanol–water partition coefficient (Wildman–Crippen LogP) is 1.81. The number of nitrogens with zero attached hydrogens (tertiary/aromatic N) is 1. The van der Waals surface area contributed by atoms with Crippen LogP contribution in [0.1, 0.15) is 28.9 Å². The first-order valence-corrected chi connectivity index (χ1v) is 8.89. The summed E-state index contributed by atoms with van der Waals surface area (Å²) in [5.41, 5.74) is 1.25. The van der Waals surface area contributed by atoms with Crippen molar-refractivity contribution in [2.75, 3.05) is 18.4 Å². The van der Waals surface area contributed by atoms with E-state index in [-0.39, 0.29) is 24.3 Å². The van der Waals surface area contributed by atoms with E-state index in [1.165, 1.54) is 11.3 Å². The van der Waals surface area contributed by atoms with Crippen molar-refractivity contribution in [3.8, 4) is 0 Å². The predicted molar refractivity (Wildman–Crippen MR) is 94.2 cm³/mol. The van der Waals surface area contributed by atoms with E-state index in [0.29, 0.717) is 16.4 Å². The van der Waals surface area contributed by atoms with E-state index < -0.39 is 0 Å². The van der Waals surface area contributed by atoms with E-state index in [1.807, 2.05) is 18.2 Å². The first kappa shape index (κ1) is 16.6. The van der Waals surface area contributed by atoms with Crippen molar-refractivity contribution in [2.24, 2.45) is 0 Å². The minimum absolute atomic E-state index is 0.0325. The van der Waals surface area contributed by atoms with Crippen LogP contribution in [0.25, 0.3) is 0 Å². The highest BCUT2D eigenvalue weighted by Crippen LogP contribution is 2.17. The molecule has 1 aromatic heterocycles. The fourth-order valence-corrected chi connectivity index (χ4v) is 3.33. The minimum Gasteiger partial charge on any atom is -0.352 e. The van der Waals surface area contributed by atoms with Crippen molar-refractivity contribution in [3.63, 3.8) is 0 Å². The Morgan fingerprint density at radius 2 is 2.12 bits per heavy atom. The number of aromatic nitrogens is 1. The molecule has 3 rings (SSSR count). The summed E-state index contributed by atoms with van der Waals surface area (Å²) in [5.74, 6) is -0.232. The largest absolute Gasteiger partial charge is 0.352 e. The highest BCUT2D eigenvalue weighted by molar-refractivity contribution is 7.14. The van der Waals surface area contributed by atoms with Crippen molar-refractivity contribution in [3.05, 3.63) is 47.0 Å². The SMILES string of the molecule is O=C(Cc1csc(NC(=O)c2ccccc2)n1)N[C@H]1CCCNC1. The van der Waals surface area contributed by atoms with Gasteiger partial charge in [-0.15, -0.1) is 11.3 Å². The van der Waals surface area contributed by atoms with Crippen LogP contribution >= 0.6 is 11.3 Å². The second-order valence-corrected chi connectivity index (χ2v) is 6.61. The molecule has 2 aromatic rings. The summed E-state index contributed by atoms with van der Waals surface area (Å²) in [6, 6.07) is 9.17. The lowest BCUT2D eigenvalue weighted by Crippen LogP contribution is -2.46. The molecule has 0 aliphatic carbocycles. The van der Waals surface area contributed by atoms with E-state index >= 15 is 0 Å². The van der Waals surface area contributed by atoms with Crippen molar-refractivity contribution in [1.82, 2.24) is 15.6 Å². The molecule has 1 aromatic carbocycles. The molecule has 3 N–H and O–H groups in total. The molecule has 2 amide bonds. The normalized spacial score (nSPS) is 17.2. The van der Waals surface area contributed by atoms with Gasteiger partial charge >= 0.3 is 0 Å². The van der Waals surface area contributed by atoms with Gasteiger partial charge in [-0.25, -0.2) is 4.98 Å². The lowest BCUT2D eigenvalue weighted by molar-refractivity contribution is -0.121. The summed E-state index contributed by atoms with van der Waals surface area (Å²) in [7, 11) is 0.